The van der Waals surface area contributed by atoms with Gasteiger partial charge in [0.2, 0.25) is 0 Å². The van der Waals surface area contributed by atoms with E-state index in [1.54, 1.807) is 6.07 Å². The van der Waals surface area contributed by atoms with Crippen LogP contribution in [0.4, 0.5) is 0 Å². The van der Waals surface area contributed by atoms with Crippen molar-refractivity contribution in [1.82, 2.24) is 14.5 Å². The number of rotatable bonds is 2. The molecule has 4 nitrogen and oxygen atoms in total. The number of hydrogen-bond donors (Lipinski definition) is 0. The third-order valence-electron chi connectivity index (χ3n) is 5.69. The fourth-order valence-corrected chi connectivity index (χ4v) is 4.66. The minimum absolute atomic E-state index is 0.153. The van der Waals surface area contributed by atoms with Crippen LogP contribution in [0.5, 0.6) is 0 Å². The number of piperidine rings is 1. The first-order valence-corrected chi connectivity index (χ1v) is 9.02. The van der Waals surface area contributed by atoms with Gasteiger partial charge in [-0.1, -0.05) is 24.3 Å². The highest BCUT2D eigenvalue weighted by Gasteiger charge is 2.34. The van der Waals surface area contributed by atoms with E-state index in [4.69, 9.17) is 0 Å². The molecule has 2 aliphatic heterocycles. The summed E-state index contributed by atoms with van der Waals surface area (Å²) in [5.41, 5.74) is 3.78. The maximum atomic E-state index is 12.2. The predicted octanol–water partition coefficient (Wildman–Crippen LogP) is 3.02. The van der Waals surface area contributed by atoms with Gasteiger partial charge in [-0.3, -0.25) is 14.7 Å². The molecule has 4 heterocycles. The lowest BCUT2D eigenvalue weighted by Gasteiger charge is -2.42. The Morgan fingerprint density at radius 2 is 1.92 bits per heavy atom. The van der Waals surface area contributed by atoms with Crippen LogP contribution in [0.2, 0.25) is 0 Å². The Morgan fingerprint density at radius 1 is 1.00 bits per heavy atom. The van der Waals surface area contributed by atoms with E-state index in [1.165, 1.54) is 23.1 Å². The quantitative estimate of drug-likeness (QED) is 0.724. The summed E-state index contributed by atoms with van der Waals surface area (Å²) in [4.78, 5) is 19.2. The number of hydrogen-bond acceptors (Lipinski definition) is 3. The SMILES string of the molecule is O=c1cccc2n1C[C@H]1C[C@H]2CN(Cc2ccnc3ccccc23)C1. The first-order valence-electron chi connectivity index (χ1n) is 9.02. The van der Waals surface area contributed by atoms with Crippen LogP contribution < -0.4 is 5.56 Å². The molecule has 2 atom stereocenters. The van der Waals surface area contributed by atoms with E-state index in [9.17, 15) is 4.79 Å². The Balaban J connectivity index is 1.45. The highest BCUT2D eigenvalue weighted by Crippen LogP contribution is 2.35. The summed E-state index contributed by atoms with van der Waals surface area (Å²) >= 11 is 0. The highest BCUT2D eigenvalue weighted by molar-refractivity contribution is 5.81. The highest BCUT2D eigenvalue weighted by atomic mass is 16.1. The molecule has 0 spiro atoms. The molecule has 4 heteroatoms. The summed E-state index contributed by atoms with van der Waals surface area (Å²) in [5, 5.41) is 1.25. The number of nitrogens with zero attached hydrogens (tertiary/aromatic N) is 3. The van der Waals surface area contributed by atoms with Gasteiger partial charge in [0.05, 0.1) is 5.52 Å². The Hall–Kier alpha value is -2.46. The Kier molecular flexibility index (Phi) is 3.45. The third kappa shape index (κ3) is 2.57. The van der Waals surface area contributed by atoms with E-state index in [0.717, 1.165) is 31.7 Å². The molecular weight excluding hydrogens is 310 g/mol. The second-order valence-electron chi connectivity index (χ2n) is 7.38. The minimum atomic E-state index is 0.153. The van der Waals surface area contributed by atoms with Crippen molar-refractivity contribution in [3.8, 4) is 0 Å². The average molecular weight is 331 g/mol. The Bertz CT molecular complexity index is 988. The zero-order valence-corrected chi connectivity index (χ0v) is 14.1. The monoisotopic (exact) mass is 331 g/mol. The summed E-state index contributed by atoms with van der Waals surface area (Å²) in [7, 11) is 0. The fourth-order valence-electron chi connectivity index (χ4n) is 4.66. The second kappa shape index (κ2) is 5.81. The molecule has 1 saturated heterocycles. The lowest BCUT2D eigenvalue weighted by molar-refractivity contribution is 0.114. The summed E-state index contributed by atoms with van der Waals surface area (Å²) < 4.78 is 2.00. The van der Waals surface area contributed by atoms with Gasteiger partial charge in [0.25, 0.3) is 5.56 Å². The maximum absolute atomic E-state index is 12.2. The fraction of sp³-hybridized carbons (Fsp3) is 0.333. The van der Waals surface area contributed by atoms with Crippen LogP contribution >= 0.6 is 0 Å². The predicted molar refractivity (Wildman–Crippen MR) is 98.6 cm³/mol. The van der Waals surface area contributed by atoms with Crippen LogP contribution in [0.3, 0.4) is 0 Å². The van der Waals surface area contributed by atoms with E-state index < -0.39 is 0 Å². The molecule has 0 N–H and O–H groups in total. The summed E-state index contributed by atoms with van der Waals surface area (Å²) in [6, 6.07) is 16.2. The Labute approximate surface area is 146 Å². The standard InChI is InChI=1S/C21H21N3O/c25-21-7-3-6-20-17-10-15(12-24(20)21)11-23(14-17)13-16-8-9-22-19-5-2-1-4-18(16)19/h1-9,15,17H,10-14H2/t15-,17-/m0/s1. The van der Waals surface area contributed by atoms with Crippen molar-refractivity contribution in [3.05, 3.63) is 76.3 Å². The first kappa shape index (κ1) is 14.8. The molecular formula is C21H21N3O. The number of benzene rings is 1. The largest absolute Gasteiger partial charge is 0.312 e. The topological polar surface area (TPSA) is 38.1 Å². The molecule has 1 aromatic carbocycles. The van der Waals surface area contributed by atoms with E-state index in [-0.39, 0.29) is 5.56 Å². The molecule has 1 fully saturated rings. The van der Waals surface area contributed by atoms with Gasteiger partial charge in [-0.15, -0.1) is 0 Å². The van der Waals surface area contributed by atoms with E-state index in [1.807, 2.05) is 22.9 Å². The van der Waals surface area contributed by atoms with Crippen molar-refractivity contribution < 1.29 is 0 Å². The smallest absolute Gasteiger partial charge is 0.250 e. The van der Waals surface area contributed by atoms with Crippen molar-refractivity contribution >= 4 is 10.9 Å². The molecule has 0 amide bonds. The summed E-state index contributed by atoms with van der Waals surface area (Å²) in [6.07, 6.45) is 3.12. The van der Waals surface area contributed by atoms with Crippen molar-refractivity contribution in [1.29, 1.82) is 0 Å². The van der Waals surface area contributed by atoms with Gasteiger partial charge in [-0.2, -0.15) is 0 Å². The molecule has 2 aromatic heterocycles. The molecule has 126 valence electrons. The lowest BCUT2D eigenvalue weighted by atomic mass is 9.83. The van der Waals surface area contributed by atoms with Gasteiger partial charge in [0, 0.05) is 55.4 Å². The zero-order chi connectivity index (χ0) is 16.8. The van der Waals surface area contributed by atoms with Gasteiger partial charge in [-0.25, -0.2) is 0 Å². The van der Waals surface area contributed by atoms with Crippen molar-refractivity contribution in [2.24, 2.45) is 5.92 Å². The average Bonchev–Trinajstić information content (AvgIpc) is 2.63. The molecule has 25 heavy (non-hydrogen) atoms. The summed E-state index contributed by atoms with van der Waals surface area (Å²) in [6.45, 7) is 3.90. The summed E-state index contributed by atoms with van der Waals surface area (Å²) in [5.74, 6) is 1.04. The second-order valence-corrected chi connectivity index (χ2v) is 7.38. The molecule has 0 saturated carbocycles. The number of pyridine rings is 2. The van der Waals surface area contributed by atoms with Crippen LogP contribution in [0.25, 0.3) is 10.9 Å². The van der Waals surface area contributed by atoms with Crippen LogP contribution in [0, 0.1) is 5.92 Å². The molecule has 2 aliphatic rings. The van der Waals surface area contributed by atoms with E-state index in [0.29, 0.717) is 11.8 Å². The first-order chi connectivity index (χ1) is 12.3. The molecule has 0 unspecified atom stereocenters. The normalized spacial score (nSPS) is 22.7. The van der Waals surface area contributed by atoms with Crippen LogP contribution in [-0.2, 0) is 13.1 Å². The maximum Gasteiger partial charge on any atom is 0.250 e. The van der Waals surface area contributed by atoms with Crippen LogP contribution in [-0.4, -0.2) is 27.5 Å². The van der Waals surface area contributed by atoms with E-state index >= 15 is 0 Å². The van der Waals surface area contributed by atoms with Crippen molar-refractivity contribution in [3.63, 3.8) is 0 Å². The van der Waals surface area contributed by atoms with Gasteiger partial charge >= 0.3 is 0 Å². The minimum Gasteiger partial charge on any atom is -0.312 e. The molecule has 0 aliphatic carbocycles. The number of likely N-dealkylation sites (tertiary alicyclic amines) is 1. The molecule has 0 radical (unpaired) electrons. The van der Waals surface area contributed by atoms with Crippen LogP contribution in [0.15, 0.2) is 59.5 Å². The number of fused-ring (bicyclic) bond motifs is 5. The lowest BCUT2D eigenvalue weighted by Crippen LogP contribution is -2.46. The van der Waals surface area contributed by atoms with E-state index in [2.05, 4.69) is 40.2 Å². The molecule has 3 aromatic rings. The molecule has 2 bridgehead atoms. The van der Waals surface area contributed by atoms with Crippen molar-refractivity contribution in [2.45, 2.75) is 25.4 Å². The van der Waals surface area contributed by atoms with Gasteiger partial charge in [0.1, 0.15) is 0 Å². The third-order valence-corrected chi connectivity index (χ3v) is 5.69. The van der Waals surface area contributed by atoms with Gasteiger partial charge in [-0.05, 0) is 36.1 Å². The Morgan fingerprint density at radius 3 is 2.88 bits per heavy atom. The zero-order valence-electron chi connectivity index (χ0n) is 14.1. The van der Waals surface area contributed by atoms with Gasteiger partial charge in [0.15, 0.2) is 0 Å². The van der Waals surface area contributed by atoms with Gasteiger partial charge < -0.3 is 4.57 Å². The van der Waals surface area contributed by atoms with Crippen molar-refractivity contribution in [2.75, 3.05) is 13.1 Å². The van der Waals surface area contributed by atoms with Crippen LogP contribution in [0.1, 0.15) is 23.6 Å². The molecule has 5 rings (SSSR count). The number of para-hydroxylation sites is 1. The number of aromatic nitrogens is 2.